The Hall–Kier alpha value is -2.90. The third kappa shape index (κ3) is 7.89. The normalized spacial score (nSPS) is 12.0. The molecule has 1 rings (SSSR count). The molecule has 0 aliphatic carbocycles. The van der Waals surface area contributed by atoms with Gasteiger partial charge in [-0.05, 0) is 51.8 Å². The summed E-state index contributed by atoms with van der Waals surface area (Å²) in [5, 5.41) is 11.2. The van der Waals surface area contributed by atoms with E-state index in [4.69, 9.17) is 14.6 Å². The Kier molecular flexibility index (Phi) is 7.51. The van der Waals surface area contributed by atoms with E-state index in [0.29, 0.717) is 11.1 Å². The van der Waals surface area contributed by atoms with Crippen LogP contribution in [0.4, 0.5) is 4.79 Å². The van der Waals surface area contributed by atoms with Crippen molar-refractivity contribution in [2.45, 2.75) is 52.7 Å². The molecule has 0 heterocycles. The smallest absolute Gasteiger partial charge is 0.408 e. The Morgan fingerprint density at radius 2 is 1.81 bits per heavy atom. The van der Waals surface area contributed by atoms with Gasteiger partial charge in [-0.2, -0.15) is 0 Å². The molecule has 0 aromatic heterocycles. The second kappa shape index (κ2) is 9.16. The first-order chi connectivity index (χ1) is 12.4. The summed E-state index contributed by atoms with van der Waals surface area (Å²) in [6.45, 7) is 7.66. The van der Waals surface area contributed by atoms with Crippen LogP contribution < -0.4 is 5.32 Å². The van der Waals surface area contributed by atoms with Gasteiger partial charge in [0.05, 0.1) is 6.42 Å². The van der Waals surface area contributed by atoms with E-state index in [1.165, 1.54) is 13.0 Å². The highest BCUT2D eigenvalue weighted by atomic mass is 16.6. The first-order valence-corrected chi connectivity index (χ1v) is 8.39. The van der Waals surface area contributed by atoms with Crippen LogP contribution in [0.1, 0.15) is 49.2 Å². The van der Waals surface area contributed by atoms with Crippen molar-refractivity contribution in [3.8, 4) is 0 Å². The average Bonchev–Trinajstić information content (AvgIpc) is 2.51. The SMILES string of the molecule is Cc1ccc(CC(=O)O)cc1C(=O)COC(=O)[C@H](C)NC(=O)OC(C)(C)C. The van der Waals surface area contributed by atoms with Gasteiger partial charge in [0.2, 0.25) is 5.78 Å². The summed E-state index contributed by atoms with van der Waals surface area (Å²) in [5.74, 6) is -2.25. The lowest BCUT2D eigenvalue weighted by Gasteiger charge is -2.21. The molecular formula is C19H25NO7. The van der Waals surface area contributed by atoms with E-state index in [-0.39, 0.29) is 12.0 Å². The molecule has 0 aliphatic heterocycles. The highest BCUT2D eigenvalue weighted by molar-refractivity contribution is 5.99. The van der Waals surface area contributed by atoms with Crippen LogP contribution in [0, 0.1) is 6.92 Å². The van der Waals surface area contributed by atoms with E-state index in [9.17, 15) is 19.2 Å². The molecule has 1 aromatic rings. The van der Waals surface area contributed by atoms with Gasteiger partial charge >= 0.3 is 18.0 Å². The van der Waals surface area contributed by atoms with Crippen LogP contribution in [0.15, 0.2) is 18.2 Å². The number of ether oxygens (including phenoxy) is 2. The number of carboxylic acids is 1. The first-order valence-electron chi connectivity index (χ1n) is 8.39. The molecule has 0 unspecified atom stereocenters. The predicted octanol–water partition coefficient (Wildman–Crippen LogP) is 2.26. The monoisotopic (exact) mass is 379 g/mol. The van der Waals surface area contributed by atoms with Gasteiger partial charge in [0.15, 0.2) is 6.61 Å². The Morgan fingerprint density at radius 3 is 2.37 bits per heavy atom. The lowest BCUT2D eigenvalue weighted by atomic mass is 10.0. The maximum atomic E-state index is 12.3. The number of rotatable bonds is 7. The number of nitrogens with one attached hydrogen (secondary N) is 1. The van der Waals surface area contributed by atoms with Crippen molar-refractivity contribution in [3.63, 3.8) is 0 Å². The molecule has 0 spiro atoms. The second-order valence-electron chi connectivity index (χ2n) is 7.12. The molecular weight excluding hydrogens is 354 g/mol. The average molecular weight is 379 g/mol. The molecule has 0 radical (unpaired) electrons. The third-order valence-electron chi connectivity index (χ3n) is 3.39. The minimum absolute atomic E-state index is 0.211. The van der Waals surface area contributed by atoms with Crippen LogP contribution in [0.3, 0.4) is 0 Å². The van der Waals surface area contributed by atoms with Crippen molar-refractivity contribution < 1.29 is 33.8 Å². The summed E-state index contributed by atoms with van der Waals surface area (Å²) < 4.78 is 9.99. The number of esters is 1. The predicted molar refractivity (Wildman–Crippen MR) is 96.6 cm³/mol. The molecule has 1 aromatic carbocycles. The number of carbonyl (C=O) groups excluding carboxylic acids is 3. The summed E-state index contributed by atoms with van der Waals surface area (Å²) in [7, 11) is 0. The van der Waals surface area contributed by atoms with Crippen LogP contribution in [-0.2, 0) is 25.5 Å². The number of hydrogen-bond acceptors (Lipinski definition) is 6. The molecule has 1 atom stereocenters. The molecule has 0 saturated heterocycles. The molecule has 0 aliphatic rings. The zero-order valence-electron chi connectivity index (χ0n) is 16.1. The Balaban J connectivity index is 2.64. The highest BCUT2D eigenvalue weighted by Crippen LogP contribution is 2.13. The third-order valence-corrected chi connectivity index (χ3v) is 3.39. The number of aliphatic carboxylic acids is 1. The fourth-order valence-corrected chi connectivity index (χ4v) is 2.14. The number of Topliss-reactive ketones (excluding diaryl/α,β-unsaturated/α-hetero) is 1. The molecule has 2 N–H and O–H groups in total. The van der Waals surface area contributed by atoms with E-state index < -0.39 is 42.1 Å². The number of alkyl carbamates (subject to hydrolysis) is 1. The maximum absolute atomic E-state index is 12.3. The van der Waals surface area contributed by atoms with E-state index >= 15 is 0 Å². The Labute approximate surface area is 157 Å². The van der Waals surface area contributed by atoms with Gasteiger partial charge in [-0.15, -0.1) is 0 Å². The Bertz CT molecular complexity index is 734. The van der Waals surface area contributed by atoms with Gasteiger partial charge < -0.3 is 19.9 Å². The zero-order valence-corrected chi connectivity index (χ0v) is 16.1. The van der Waals surface area contributed by atoms with Crippen molar-refractivity contribution >= 4 is 23.8 Å². The number of amides is 1. The van der Waals surface area contributed by atoms with Crippen LogP contribution in [0.5, 0.6) is 0 Å². The number of hydrogen-bond donors (Lipinski definition) is 2. The largest absolute Gasteiger partial charge is 0.481 e. The summed E-state index contributed by atoms with van der Waals surface area (Å²) in [6, 6.07) is 3.74. The molecule has 0 saturated carbocycles. The summed E-state index contributed by atoms with van der Waals surface area (Å²) in [5.41, 5.74) is 0.699. The number of carboxylic acid groups (broad SMARTS) is 1. The van der Waals surface area contributed by atoms with Crippen molar-refractivity contribution in [1.29, 1.82) is 0 Å². The quantitative estimate of drug-likeness (QED) is 0.551. The van der Waals surface area contributed by atoms with Crippen LogP contribution >= 0.6 is 0 Å². The second-order valence-corrected chi connectivity index (χ2v) is 7.12. The molecule has 1 amide bonds. The van der Waals surface area contributed by atoms with Gasteiger partial charge in [-0.1, -0.05) is 12.1 Å². The summed E-state index contributed by atoms with van der Waals surface area (Å²) in [4.78, 5) is 46.7. The molecule has 148 valence electrons. The first kappa shape index (κ1) is 22.1. The highest BCUT2D eigenvalue weighted by Gasteiger charge is 2.23. The van der Waals surface area contributed by atoms with Crippen LogP contribution in [0.2, 0.25) is 0 Å². The molecule has 0 fully saturated rings. The summed E-state index contributed by atoms with van der Waals surface area (Å²) >= 11 is 0. The standard InChI is InChI=1S/C19H25NO7/c1-11-6-7-13(9-16(22)23)8-14(11)15(21)10-26-17(24)12(2)20-18(25)27-19(3,4)5/h6-8,12H,9-10H2,1-5H3,(H,20,25)(H,22,23)/t12-/m0/s1. The fourth-order valence-electron chi connectivity index (χ4n) is 2.14. The van der Waals surface area contributed by atoms with Crippen LogP contribution in [-0.4, -0.2) is 47.2 Å². The van der Waals surface area contributed by atoms with Crippen molar-refractivity contribution in [3.05, 3.63) is 34.9 Å². The van der Waals surface area contributed by atoms with Gasteiger partial charge in [-0.3, -0.25) is 9.59 Å². The Morgan fingerprint density at radius 1 is 1.19 bits per heavy atom. The van der Waals surface area contributed by atoms with Crippen molar-refractivity contribution in [2.75, 3.05) is 6.61 Å². The minimum Gasteiger partial charge on any atom is -0.481 e. The van der Waals surface area contributed by atoms with Gasteiger partial charge in [0.1, 0.15) is 11.6 Å². The minimum atomic E-state index is -1.01. The van der Waals surface area contributed by atoms with E-state index in [0.717, 1.165) is 0 Å². The number of benzene rings is 1. The molecule has 8 nitrogen and oxygen atoms in total. The van der Waals surface area contributed by atoms with Gasteiger partial charge in [0, 0.05) is 5.56 Å². The lowest BCUT2D eigenvalue weighted by Crippen LogP contribution is -2.42. The topological polar surface area (TPSA) is 119 Å². The van der Waals surface area contributed by atoms with E-state index in [1.54, 1.807) is 39.8 Å². The fraction of sp³-hybridized carbons (Fsp3) is 0.474. The number of aryl methyl sites for hydroxylation is 1. The van der Waals surface area contributed by atoms with Crippen molar-refractivity contribution in [2.24, 2.45) is 0 Å². The molecule has 8 heteroatoms. The van der Waals surface area contributed by atoms with Gasteiger partial charge in [-0.25, -0.2) is 9.59 Å². The van der Waals surface area contributed by atoms with E-state index in [1.807, 2.05) is 0 Å². The van der Waals surface area contributed by atoms with Crippen LogP contribution in [0.25, 0.3) is 0 Å². The number of ketones is 1. The number of carbonyl (C=O) groups is 4. The van der Waals surface area contributed by atoms with Crippen molar-refractivity contribution in [1.82, 2.24) is 5.32 Å². The molecule has 0 bridgehead atoms. The van der Waals surface area contributed by atoms with Gasteiger partial charge in [0.25, 0.3) is 0 Å². The summed E-state index contributed by atoms with van der Waals surface area (Å²) in [6.07, 6.45) is -0.979. The maximum Gasteiger partial charge on any atom is 0.408 e. The zero-order chi connectivity index (χ0) is 20.8. The molecule has 27 heavy (non-hydrogen) atoms. The van der Waals surface area contributed by atoms with E-state index in [2.05, 4.69) is 5.32 Å². The lowest BCUT2D eigenvalue weighted by molar-refractivity contribution is -0.144.